The minimum Gasteiger partial charge on any atom is -0.477 e. The van der Waals surface area contributed by atoms with Gasteiger partial charge in [-0.2, -0.15) is 5.10 Å². The summed E-state index contributed by atoms with van der Waals surface area (Å²) in [6.07, 6.45) is 0. The van der Waals surface area contributed by atoms with E-state index in [0.29, 0.717) is 5.69 Å². The van der Waals surface area contributed by atoms with Gasteiger partial charge < -0.3 is 10.4 Å². The lowest BCUT2D eigenvalue weighted by Gasteiger charge is -2.27. The number of aromatic carboxylic acids is 1. The molecule has 2 aromatic rings. The quantitative estimate of drug-likeness (QED) is 0.786. The van der Waals surface area contributed by atoms with Gasteiger partial charge in [0.2, 0.25) is 0 Å². The van der Waals surface area contributed by atoms with E-state index in [-0.39, 0.29) is 5.69 Å². The number of hydrogen-bond acceptors (Lipinski definition) is 4. The largest absolute Gasteiger partial charge is 0.477 e. The molecule has 1 aromatic carbocycles. The molecule has 0 unspecified atom stereocenters. The number of rotatable bonds is 4. The van der Waals surface area contributed by atoms with E-state index in [1.807, 2.05) is 12.1 Å². The highest BCUT2D eigenvalue weighted by Gasteiger charge is 2.11. The number of carbonyl (C=O) groups is 1. The standard InChI is InChI=1S/C15H18N4O2/c20-15(21)14-9-13(17-18-14)12-3-1-11(2-4-12)10-19-7-5-16-6-8-19/h1-4,9,16H,5-8,10H2,(H,17,18)(H,20,21). The molecule has 21 heavy (non-hydrogen) atoms. The summed E-state index contributed by atoms with van der Waals surface area (Å²) < 4.78 is 0. The lowest BCUT2D eigenvalue weighted by Crippen LogP contribution is -2.42. The summed E-state index contributed by atoms with van der Waals surface area (Å²) in [6.45, 7) is 5.18. The molecule has 1 aliphatic rings. The van der Waals surface area contributed by atoms with Crippen LogP contribution in [0.25, 0.3) is 11.3 Å². The molecule has 0 atom stereocenters. The van der Waals surface area contributed by atoms with Crippen molar-refractivity contribution in [2.24, 2.45) is 0 Å². The monoisotopic (exact) mass is 286 g/mol. The van der Waals surface area contributed by atoms with Crippen LogP contribution in [0.4, 0.5) is 0 Å². The Hall–Kier alpha value is -2.18. The molecule has 0 radical (unpaired) electrons. The Labute approximate surface area is 122 Å². The zero-order valence-electron chi connectivity index (χ0n) is 11.7. The molecule has 2 heterocycles. The summed E-state index contributed by atoms with van der Waals surface area (Å²) in [5, 5.41) is 18.8. The van der Waals surface area contributed by atoms with Crippen molar-refractivity contribution in [3.05, 3.63) is 41.6 Å². The van der Waals surface area contributed by atoms with Gasteiger partial charge in [-0.25, -0.2) is 4.79 Å². The molecule has 6 nitrogen and oxygen atoms in total. The Bertz CT molecular complexity index is 615. The number of nitrogens with one attached hydrogen (secondary N) is 2. The fourth-order valence-corrected chi connectivity index (χ4v) is 2.49. The number of carboxylic acids is 1. The summed E-state index contributed by atoms with van der Waals surface area (Å²) >= 11 is 0. The first-order valence-electron chi connectivity index (χ1n) is 7.03. The van der Waals surface area contributed by atoms with Crippen LogP contribution in [-0.2, 0) is 6.54 Å². The molecular formula is C15H18N4O2. The maximum Gasteiger partial charge on any atom is 0.353 e. The minimum absolute atomic E-state index is 0.106. The first-order valence-corrected chi connectivity index (χ1v) is 7.03. The third-order valence-electron chi connectivity index (χ3n) is 3.67. The topological polar surface area (TPSA) is 81.2 Å². The Morgan fingerprint density at radius 3 is 2.57 bits per heavy atom. The van der Waals surface area contributed by atoms with Crippen LogP contribution in [0, 0.1) is 0 Å². The van der Waals surface area contributed by atoms with E-state index >= 15 is 0 Å². The number of H-pyrrole nitrogens is 1. The van der Waals surface area contributed by atoms with E-state index in [0.717, 1.165) is 38.3 Å². The van der Waals surface area contributed by atoms with E-state index in [1.165, 1.54) is 5.56 Å². The number of aromatic amines is 1. The van der Waals surface area contributed by atoms with Crippen molar-refractivity contribution in [1.29, 1.82) is 0 Å². The molecule has 3 N–H and O–H groups in total. The van der Waals surface area contributed by atoms with E-state index in [4.69, 9.17) is 5.11 Å². The molecule has 0 aliphatic carbocycles. The summed E-state index contributed by atoms with van der Waals surface area (Å²) in [5.74, 6) is -0.996. The molecule has 6 heteroatoms. The van der Waals surface area contributed by atoms with Gasteiger partial charge in [-0.15, -0.1) is 0 Å². The Morgan fingerprint density at radius 1 is 1.24 bits per heavy atom. The molecule has 0 bridgehead atoms. The van der Waals surface area contributed by atoms with Crippen LogP contribution in [0.2, 0.25) is 0 Å². The summed E-state index contributed by atoms with van der Waals surface area (Å²) in [6, 6.07) is 9.67. The molecule has 1 aliphatic heterocycles. The molecule has 3 rings (SSSR count). The van der Waals surface area contributed by atoms with Gasteiger partial charge in [0.15, 0.2) is 0 Å². The van der Waals surface area contributed by atoms with Gasteiger partial charge >= 0.3 is 5.97 Å². The van der Waals surface area contributed by atoms with Crippen LogP contribution >= 0.6 is 0 Å². The molecule has 110 valence electrons. The average Bonchev–Trinajstić information content (AvgIpc) is 2.99. The number of hydrogen-bond donors (Lipinski definition) is 3. The van der Waals surface area contributed by atoms with Gasteiger partial charge in [0.1, 0.15) is 5.69 Å². The van der Waals surface area contributed by atoms with Crippen molar-refractivity contribution in [3.8, 4) is 11.3 Å². The number of aromatic nitrogens is 2. The van der Waals surface area contributed by atoms with Crippen LogP contribution in [0.15, 0.2) is 30.3 Å². The van der Waals surface area contributed by atoms with E-state index in [9.17, 15) is 4.79 Å². The van der Waals surface area contributed by atoms with Gasteiger partial charge in [-0.3, -0.25) is 10.00 Å². The van der Waals surface area contributed by atoms with E-state index < -0.39 is 5.97 Å². The lowest BCUT2D eigenvalue weighted by atomic mass is 10.1. The molecule has 1 fully saturated rings. The smallest absolute Gasteiger partial charge is 0.353 e. The Balaban J connectivity index is 1.69. The first kappa shape index (κ1) is 13.8. The predicted molar refractivity (Wildman–Crippen MR) is 79.1 cm³/mol. The highest BCUT2D eigenvalue weighted by atomic mass is 16.4. The van der Waals surface area contributed by atoms with Crippen LogP contribution in [0.5, 0.6) is 0 Å². The Kier molecular flexibility index (Phi) is 3.98. The van der Waals surface area contributed by atoms with Crippen molar-refractivity contribution >= 4 is 5.97 Å². The zero-order valence-corrected chi connectivity index (χ0v) is 11.7. The second kappa shape index (κ2) is 6.07. The third kappa shape index (κ3) is 3.29. The van der Waals surface area contributed by atoms with Crippen molar-refractivity contribution in [1.82, 2.24) is 20.4 Å². The number of benzene rings is 1. The zero-order chi connectivity index (χ0) is 14.7. The maximum absolute atomic E-state index is 10.8. The second-order valence-corrected chi connectivity index (χ2v) is 5.20. The molecule has 0 saturated carbocycles. The van der Waals surface area contributed by atoms with Crippen LogP contribution < -0.4 is 5.32 Å². The normalized spacial score (nSPS) is 16.0. The van der Waals surface area contributed by atoms with E-state index in [2.05, 4.69) is 32.5 Å². The fourth-order valence-electron chi connectivity index (χ4n) is 2.49. The molecular weight excluding hydrogens is 268 g/mol. The van der Waals surface area contributed by atoms with Crippen molar-refractivity contribution in [2.45, 2.75) is 6.54 Å². The number of piperazine rings is 1. The highest BCUT2D eigenvalue weighted by Crippen LogP contribution is 2.19. The third-order valence-corrected chi connectivity index (χ3v) is 3.67. The molecule has 1 saturated heterocycles. The van der Waals surface area contributed by atoms with Gasteiger partial charge in [0.25, 0.3) is 0 Å². The number of nitrogens with zero attached hydrogens (tertiary/aromatic N) is 2. The second-order valence-electron chi connectivity index (χ2n) is 5.20. The molecule has 1 aromatic heterocycles. The average molecular weight is 286 g/mol. The molecule has 0 spiro atoms. The first-order chi connectivity index (χ1) is 10.2. The minimum atomic E-state index is -0.996. The van der Waals surface area contributed by atoms with Crippen LogP contribution in [-0.4, -0.2) is 52.4 Å². The number of carboxylic acid groups (broad SMARTS) is 1. The van der Waals surface area contributed by atoms with Crippen molar-refractivity contribution in [3.63, 3.8) is 0 Å². The SMILES string of the molecule is O=C(O)c1cc(-c2ccc(CN3CCNCC3)cc2)n[nH]1. The molecule has 0 amide bonds. The van der Waals surface area contributed by atoms with Gasteiger partial charge in [-0.05, 0) is 11.6 Å². The van der Waals surface area contributed by atoms with Crippen LogP contribution in [0.1, 0.15) is 16.1 Å². The van der Waals surface area contributed by atoms with Gasteiger partial charge in [0.05, 0.1) is 5.69 Å². The maximum atomic E-state index is 10.8. The van der Waals surface area contributed by atoms with Crippen LogP contribution in [0.3, 0.4) is 0 Å². The highest BCUT2D eigenvalue weighted by molar-refractivity contribution is 5.86. The predicted octanol–water partition coefficient (Wildman–Crippen LogP) is 1.18. The lowest BCUT2D eigenvalue weighted by molar-refractivity contribution is 0.0690. The van der Waals surface area contributed by atoms with Gasteiger partial charge in [-0.1, -0.05) is 24.3 Å². The van der Waals surface area contributed by atoms with E-state index in [1.54, 1.807) is 6.07 Å². The van der Waals surface area contributed by atoms with Gasteiger partial charge in [0, 0.05) is 38.3 Å². The van der Waals surface area contributed by atoms with Crippen molar-refractivity contribution in [2.75, 3.05) is 26.2 Å². The summed E-state index contributed by atoms with van der Waals surface area (Å²) in [7, 11) is 0. The summed E-state index contributed by atoms with van der Waals surface area (Å²) in [5.41, 5.74) is 2.94. The Morgan fingerprint density at radius 2 is 1.95 bits per heavy atom. The summed E-state index contributed by atoms with van der Waals surface area (Å²) in [4.78, 5) is 13.3. The fraction of sp³-hybridized carbons (Fsp3) is 0.333. The van der Waals surface area contributed by atoms with Crippen molar-refractivity contribution < 1.29 is 9.90 Å².